The fraction of sp³-hybridized carbons (Fsp3) is 0.300. The largest absolute Gasteiger partial charge is 0.478 e. The lowest BCUT2D eigenvalue weighted by Gasteiger charge is -2.05. The summed E-state index contributed by atoms with van der Waals surface area (Å²) in [6.45, 7) is 0. The van der Waals surface area contributed by atoms with E-state index in [-0.39, 0.29) is 0 Å². The third-order valence-corrected chi connectivity index (χ3v) is 5.17. The van der Waals surface area contributed by atoms with Crippen molar-refractivity contribution in [2.75, 3.05) is 17.8 Å². The van der Waals surface area contributed by atoms with E-state index in [1.54, 1.807) is 0 Å². The van der Waals surface area contributed by atoms with Crippen LogP contribution in [0.5, 0.6) is 0 Å². The van der Waals surface area contributed by atoms with Gasteiger partial charge in [0, 0.05) is 6.26 Å². The second-order valence-electron chi connectivity index (χ2n) is 3.90. The maximum Gasteiger partial charge on any atom is 0.338 e. The summed E-state index contributed by atoms with van der Waals surface area (Å²) in [7, 11) is -7.44. The van der Waals surface area contributed by atoms with Crippen molar-refractivity contribution in [1.29, 1.82) is 0 Å². The van der Waals surface area contributed by atoms with Gasteiger partial charge in [-0.25, -0.2) is 26.0 Å². The van der Waals surface area contributed by atoms with Gasteiger partial charge in [0.05, 0.1) is 22.0 Å². The van der Waals surface area contributed by atoms with E-state index in [0.717, 1.165) is 18.4 Å². The normalized spacial score (nSPS) is 12.3. The monoisotopic (exact) mass is 310 g/mol. The van der Waals surface area contributed by atoms with Crippen molar-refractivity contribution in [2.24, 2.45) is 0 Å². The van der Waals surface area contributed by atoms with Gasteiger partial charge in [0.1, 0.15) is 15.7 Å². The number of hydrogen-bond acceptors (Lipinski definition) is 5. The molecule has 0 aliphatic rings. The summed E-state index contributed by atoms with van der Waals surface area (Å²) in [5, 5.41) is 8.68. The van der Waals surface area contributed by atoms with Crippen molar-refractivity contribution in [3.05, 3.63) is 29.6 Å². The predicted molar refractivity (Wildman–Crippen MR) is 65.1 cm³/mol. The maximum absolute atomic E-state index is 13.1. The van der Waals surface area contributed by atoms with Gasteiger partial charge in [-0.3, -0.25) is 0 Å². The van der Waals surface area contributed by atoms with Crippen molar-refractivity contribution in [3.8, 4) is 0 Å². The van der Waals surface area contributed by atoms with Crippen molar-refractivity contribution >= 4 is 25.6 Å². The number of hydrogen-bond donors (Lipinski definition) is 1. The Morgan fingerprint density at radius 3 is 2.26 bits per heavy atom. The molecule has 0 fully saturated rings. The molecule has 106 valence electrons. The van der Waals surface area contributed by atoms with Crippen LogP contribution in [0.2, 0.25) is 0 Å². The van der Waals surface area contributed by atoms with Crippen LogP contribution in [0.4, 0.5) is 4.39 Å². The summed E-state index contributed by atoms with van der Waals surface area (Å²) in [5.74, 6) is -3.93. The molecule has 0 bridgehead atoms. The first kappa shape index (κ1) is 15.6. The molecule has 0 atom stereocenters. The summed E-state index contributed by atoms with van der Waals surface area (Å²) >= 11 is 0. The zero-order valence-corrected chi connectivity index (χ0v) is 11.5. The molecule has 0 spiro atoms. The van der Waals surface area contributed by atoms with Crippen LogP contribution in [-0.4, -0.2) is 45.7 Å². The molecule has 0 saturated carbocycles. The minimum absolute atomic E-state index is 0.421. The third kappa shape index (κ3) is 4.28. The van der Waals surface area contributed by atoms with Gasteiger partial charge in [0.25, 0.3) is 0 Å². The summed E-state index contributed by atoms with van der Waals surface area (Å²) in [5.41, 5.74) is -0.777. The van der Waals surface area contributed by atoms with Gasteiger partial charge in [-0.05, 0) is 18.2 Å². The van der Waals surface area contributed by atoms with Crippen LogP contribution in [0, 0.1) is 5.82 Å². The fourth-order valence-electron chi connectivity index (χ4n) is 1.24. The Bertz CT molecular complexity index is 706. The fourth-order valence-corrected chi connectivity index (χ4v) is 4.14. The minimum atomic E-state index is -3.98. The zero-order valence-electron chi connectivity index (χ0n) is 9.83. The van der Waals surface area contributed by atoms with Crippen LogP contribution in [0.15, 0.2) is 23.1 Å². The van der Waals surface area contributed by atoms with Crippen LogP contribution < -0.4 is 0 Å². The van der Waals surface area contributed by atoms with E-state index in [1.807, 2.05) is 0 Å². The molecule has 0 heterocycles. The molecule has 0 aliphatic carbocycles. The van der Waals surface area contributed by atoms with Gasteiger partial charge in [-0.1, -0.05) is 0 Å². The number of carboxylic acids is 1. The van der Waals surface area contributed by atoms with Crippen molar-refractivity contribution in [2.45, 2.75) is 4.90 Å². The molecule has 1 N–H and O–H groups in total. The number of benzene rings is 1. The highest BCUT2D eigenvalue weighted by molar-refractivity contribution is 7.94. The number of carbonyl (C=O) groups is 1. The highest BCUT2D eigenvalue weighted by Gasteiger charge is 2.20. The molecule has 19 heavy (non-hydrogen) atoms. The predicted octanol–water partition coefficient (Wildman–Crippen LogP) is 0.342. The van der Waals surface area contributed by atoms with Crippen molar-refractivity contribution in [3.63, 3.8) is 0 Å². The number of carboxylic acid groups (broad SMARTS) is 1. The molecule has 0 amide bonds. The molecule has 0 aliphatic heterocycles. The van der Waals surface area contributed by atoms with E-state index in [0.29, 0.717) is 6.07 Å². The first-order chi connectivity index (χ1) is 8.53. The van der Waals surface area contributed by atoms with E-state index in [9.17, 15) is 26.0 Å². The third-order valence-electron chi connectivity index (χ3n) is 2.25. The minimum Gasteiger partial charge on any atom is -0.478 e. The summed E-state index contributed by atoms with van der Waals surface area (Å²) in [6.07, 6.45) is 0.885. The van der Waals surface area contributed by atoms with Gasteiger partial charge >= 0.3 is 5.97 Å². The van der Waals surface area contributed by atoms with Crippen molar-refractivity contribution < 1.29 is 31.1 Å². The molecule has 0 aromatic heterocycles. The Kier molecular flexibility index (Phi) is 4.31. The maximum atomic E-state index is 13.1. The summed E-state index contributed by atoms with van der Waals surface area (Å²) in [6, 6.07) is 2.30. The van der Waals surface area contributed by atoms with Gasteiger partial charge < -0.3 is 5.11 Å². The SMILES string of the molecule is CS(=O)(=O)CCS(=O)(=O)c1ccc(F)c(C(=O)O)c1. The highest BCUT2D eigenvalue weighted by Crippen LogP contribution is 2.16. The van der Waals surface area contributed by atoms with E-state index in [4.69, 9.17) is 5.11 Å². The lowest BCUT2D eigenvalue weighted by molar-refractivity contribution is 0.0691. The average Bonchev–Trinajstić information content (AvgIpc) is 2.25. The van der Waals surface area contributed by atoms with Crippen LogP contribution in [-0.2, 0) is 19.7 Å². The summed E-state index contributed by atoms with van der Waals surface area (Å²) in [4.78, 5) is 10.3. The lowest BCUT2D eigenvalue weighted by atomic mass is 10.2. The van der Waals surface area contributed by atoms with E-state index in [2.05, 4.69) is 0 Å². The zero-order chi connectivity index (χ0) is 14.8. The first-order valence-electron chi connectivity index (χ1n) is 4.96. The molecular formula is C10H11FO6S2. The van der Waals surface area contributed by atoms with Crippen molar-refractivity contribution in [1.82, 2.24) is 0 Å². The van der Waals surface area contributed by atoms with Gasteiger partial charge in [0.2, 0.25) is 0 Å². The van der Waals surface area contributed by atoms with Gasteiger partial charge in [-0.15, -0.1) is 0 Å². The molecule has 1 rings (SSSR count). The van der Waals surface area contributed by atoms with Crippen LogP contribution >= 0.6 is 0 Å². The number of rotatable bonds is 5. The van der Waals surface area contributed by atoms with Crippen LogP contribution in [0.25, 0.3) is 0 Å². The second-order valence-corrected chi connectivity index (χ2v) is 8.26. The van der Waals surface area contributed by atoms with Crippen LogP contribution in [0.3, 0.4) is 0 Å². The van der Waals surface area contributed by atoms with E-state index in [1.165, 1.54) is 0 Å². The Morgan fingerprint density at radius 1 is 1.21 bits per heavy atom. The van der Waals surface area contributed by atoms with Gasteiger partial charge in [0.15, 0.2) is 9.84 Å². The standard InChI is InChI=1S/C10H11FO6S2/c1-18(14,15)4-5-19(16,17)7-2-3-9(11)8(6-7)10(12)13/h2-3,6H,4-5H2,1H3,(H,12,13). The smallest absolute Gasteiger partial charge is 0.338 e. The molecule has 6 nitrogen and oxygen atoms in total. The average molecular weight is 310 g/mol. The Hall–Kier alpha value is -1.48. The summed E-state index contributed by atoms with van der Waals surface area (Å²) < 4.78 is 58.5. The quantitative estimate of drug-likeness (QED) is 0.786. The van der Waals surface area contributed by atoms with Gasteiger partial charge in [-0.2, -0.15) is 0 Å². The molecule has 9 heteroatoms. The Morgan fingerprint density at radius 2 is 1.79 bits per heavy atom. The molecule has 1 aromatic carbocycles. The molecule has 0 radical (unpaired) electrons. The first-order valence-corrected chi connectivity index (χ1v) is 8.67. The van der Waals surface area contributed by atoms with Crippen LogP contribution in [0.1, 0.15) is 10.4 Å². The highest BCUT2D eigenvalue weighted by atomic mass is 32.2. The molecular weight excluding hydrogens is 299 g/mol. The lowest BCUT2D eigenvalue weighted by Crippen LogP contribution is -2.17. The molecule has 1 aromatic rings. The van der Waals surface area contributed by atoms with E-state index >= 15 is 0 Å². The molecule has 0 unspecified atom stereocenters. The Labute approximate surface area is 109 Å². The topological polar surface area (TPSA) is 106 Å². The second kappa shape index (κ2) is 5.25. The number of aromatic carboxylic acids is 1. The Balaban J connectivity index is 3.16. The van der Waals surface area contributed by atoms with E-state index < -0.39 is 53.4 Å². The number of halogens is 1. The molecule has 0 saturated heterocycles. The number of sulfone groups is 2.